The van der Waals surface area contributed by atoms with Crippen LogP contribution in [0.5, 0.6) is 0 Å². The lowest BCUT2D eigenvalue weighted by atomic mass is 10.1. The Balaban J connectivity index is 2.23. The van der Waals surface area contributed by atoms with Gasteiger partial charge in [0.25, 0.3) is 0 Å². The van der Waals surface area contributed by atoms with Gasteiger partial charge in [0, 0.05) is 0 Å². The predicted octanol–water partition coefficient (Wildman–Crippen LogP) is 2.39. The molecule has 9 heavy (non-hydrogen) atoms. The summed E-state index contributed by atoms with van der Waals surface area (Å²) in [7, 11) is 0. The summed E-state index contributed by atoms with van der Waals surface area (Å²) in [6.45, 7) is 0. The van der Waals surface area contributed by atoms with Crippen LogP contribution < -0.4 is 0 Å². The summed E-state index contributed by atoms with van der Waals surface area (Å²) in [5, 5.41) is 0. The van der Waals surface area contributed by atoms with Gasteiger partial charge in [0.15, 0.2) is 23.0 Å². The van der Waals surface area contributed by atoms with Gasteiger partial charge in [-0.3, -0.25) is 0 Å². The van der Waals surface area contributed by atoms with E-state index in [0.29, 0.717) is 0 Å². The third kappa shape index (κ3) is 2.64. The zero-order valence-corrected chi connectivity index (χ0v) is 7.21. The lowest BCUT2D eigenvalue weighted by Gasteiger charge is -2.12. The molecule has 3 heteroatoms. The summed E-state index contributed by atoms with van der Waals surface area (Å²) < 4.78 is 4.50. The molecule has 0 radical (unpaired) electrons. The Labute approximate surface area is 68.8 Å². The highest BCUT2D eigenvalue weighted by molar-refractivity contribution is 14.1. The number of allylic oxidation sites excluding steroid dienone is 1. The van der Waals surface area contributed by atoms with Gasteiger partial charge in [0.05, 0.1) is 0 Å². The molecule has 52 valence electrons. The Morgan fingerprint density at radius 2 is 2.44 bits per heavy atom. The van der Waals surface area contributed by atoms with E-state index in [0.717, 1.165) is 6.42 Å². The van der Waals surface area contributed by atoms with Gasteiger partial charge in [0.1, 0.15) is 6.10 Å². The molecule has 0 fully saturated rings. The van der Waals surface area contributed by atoms with Crippen molar-refractivity contribution in [2.45, 2.75) is 25.4 Å². The molecule has 1 atom stereocenters. The minimum absolute atomic E-state index is 0.190. The van der Waals surface area contributed by atoms with Crippen molar-refractivity contribution in [2.75, 3.05) is 0 Å². The van der Waals surface area contributed by atoms with E-state index >= 15 is 0 Å². The van der Waals surface area contributed by atoms with Crippen LogP contribution in [0.3, 0.4) is 0 Å². The molecule has 0 saturated carbocycles. The van der Waals surface area contributed by atoms with Crippen molar-refractivity contribution >= 4 is 23.0 Å². The quantitative estimate of drug-likeness (QED) is 0.319. The molecule has 0 amide bonds. The van der Waals surface area contributed by atoms with Crippen molar-refractivity contribution in [3.8, 4) is 0 Å². The van der Waals surface area contributed by atoms with Gasteiger partial charge in [-0.15, -0.1) is 0 Å². The fourth-order valence-electron chi connectivity index (χ4n) is 0.908. The molecule has 2 nitrogen and oxygen atoms in total. The summed E-state index contributed by atoms with van der Waals surface area (Å²) in [6.07, 6.45) is 7.84. The van der Waals surface area contributed by atoms with E-state index in [1.165, 1.54) is 12.8 Å². The van der Waals surface area contributed by atoms with Gasteiger partial charge in [0.2, 0.25) is 0 Å². The van der Waals surface area contributed by atoms with Crippen molar-refractivity contribution < 1.29 is 8.10 Å². The topological polar surface area (TPSA) is 18.5 Å². The number of rotatable bonds is 2. The van der Waals surface area contributed by atoms with Crippen molar-refractivity contribution in [3.63, 3.8) is 0 Å². The van der Waals surface area contributed by atoms with Crippen LogP contribution in [0.2, 0.25) is 0 Å². The molecule has 1 aliphatic carbocycles. The highest BCUT2D eigenvalue weighted by Gasteiger charge is 2.07. The van der Waals surface area contributed by atoms with Gasteiger partial charge in [-0.2, -0.15) is 3.22 Å². The van der Waals surface area contributed by atoms with Crippen LogP contribution in [0.15, 0.2) is 12.2 Å². The SMILES string of the molecule is IOOC1C=CCCC1. The Morgan fingerprint density at radius 1 is 1.56 bits per heavy atom. The molecule has 1 unspecified atom stereocenters. The normalized spacial score (nSPS) is 26.6. The van der Waals surface area contributed by atoms with Gasteiger partial charge < -0.3 is 0 Å². The Kier molecular flexibility index (Phi) is 3.54. The monoisotopic (exact) mass is 240 g/mol. The van der Waals surface area contributed by atoms with Crippen molar-refractivity contribution in [3.05, 3.63) is 12.2 Å². The van der Waals surface area contributed by atoms with Crippen LogP contribution >= 0.6 is 23.0 Å². The lowest BCUT2D eigenvalue weighted by molar-refractivity contribution is -0.196. The van der Waals surface area contributed by atoms with Gasteiger partial charge >= 0.3 is 0 Å². The molecule has 0 aliphatic heterocycles. The van der Waals surface area contributed by atoms with E-state index in [1.54, 1.807) is 23.0 Å². The van der Waals surface area contributed by atoms with Crippen molar-refractivity contribution in [2.24, 2.45) is 0 Å². The summed E-state index contributed by atoms with van der Waals surface area (Å²) in [6, 6.07) is 0. The zero-order valence-electron chi connectivity index (χ0n) is 5.05. The van der Waals surface area contributed by atoms with Crippen LogP contribution in [0, 0.1) is 0 Å². The van der Waals surface area contributed by atoms with E-state index in [9.17, 15) is 0 Å². The van der Waals surface area contributed by atoms with Crippen LogP contribution in [-0.4, -0.2) is 6.10 Å². The van der Waals surface area contributed by atoms with E-state index in [4.69, 9.17) is 4.89 Å². The summed E-state index contributed by atoms with van der Waals surface area (Å²) in [4.78, 5) is 4.88. The van der Waals surface area contributed by atoms with E-state index in [1.807, 2.05) is 6.08 Å². The maximum atomic E-state index is 4.88. The number of hydrogen-bond donors (Lipinski definition) is 0. The summed E-state index contributed by atoms with van der Waals surface area (Å²) in [5.74, 6) is 0. The Hall–Kier alpha value is 0.390. The molecule has 0 aromatic heterocycles. The maximum Gasteiger partial charge on any atom is 0.155 e. The molecule has 0 heterocycles. The second-order valence-corrected chi connectivity index (χ2v) is 2.42. The first kappa shape index (κ1) is 7.50. The molecule has 1 aliphatic rings. The van der Waals surface area contributed by atoms with Gasteiger partial charge in [-0.05, 0) is 19.3 Å². The average Bonchev–Trinajstić information content (AvgIpc) is 1.91. The third-order valence-electron chi connectivity index (χ3n) is 1.37. The third-order valence-corrected chi connectivity index (χ3v) is 1.58. The largest absolute Gasteiger partial charge is 0.219 e. The smallest absolute Gasteiger partial charge is 0.155 e. The molecule has 0 N–H and O–H groups in total. The number of hydrogen-bond acceptors (Lipinski definition) is 2. The minimum Gasteiger partial charge on any atom is -0.219 e. The lowest BCUT2D eigenvalue weighted by Crippen LogP contribution is -2.09. The second-order valence-electron chi connectivity index (χ2n) is 2.06. The molecule has 0 saturated heterocycles. The van der Waals surface area contributed by atoms with Crippen LogP contribution in [0.25, 0.3) is 0 Å². The first-order valence-electron chi connectivity index (χ1n) is 3.04. The summed E-state index contributed by atoms with van der Waals surface area (Å²) >= 11 is 1.73. The predicted molar refractivity (Wildman–Crippen MR) is 43.0 cm³/mol. The highest BCUT2D eigenvalue weighted by Crippen LogP contribution is 2.14. The molecular formula is C6H9IO2. The van der Waals surface area contributed by atoms with Crippen LogP contribution in [-0.2, 0) is 8.10 Å². The maximum absolute atomic E-state index is 4.88. The Morgan fingerprint density at radius 3 is 3.00 bits per heavy atom. The van der Waals surface area contributed by atoms with E-state index in [-0.39, 0.29) is 6.10 Å². The molecule has 0 spiro atoms. The van der Waals surface area contributed by atoms with Gasteiger partial charge in [-0.25, -0.2) is 4.89 Å². The van der Waals surface area contributed by atoms with Crippen molar-refractivity contribution in [1.82, 2.24) is 0 Å². The van der Waals surface area contributed by atoms with Crippen molar-refractivity contribution in [1.29, 1.82) is 0 Å². The molecule has 0 aromatic carbocycles. The fourth-order valence-corrected chi connectivity index (χ4v) is 1.17. The van der Waals surface area contributed by atoms with Crippen LogP contribution in [0.4, 0.5) is 0 Å². The minimum atomic E-state index is 0.190. The molecule has 0 aromatic rings. The van der Waals surface area contributed by atoms with E-state index in [2.05, 4.69) is 9.29 Å². The fraction of sp³-hybridized carbons (Fsp3) is 0.667. The first-order valence-corrected chi connectivity index (χ1v) is 3.92. The van der Waals surface area contributed by atoms with Crippen LogP contribution in [0.1, 0.15) is 19.3 Å². The number of halogens is 1. The Bertz CT molecular complexity index is 103. The molecule has 0 bridgehead atoms. The standard InChI is InChI=1S/C6H9IO2/c7-9-8-6-4-2-1-3-5-6/h2,4,6H,1,3,5H2. The summed E-state index contributed by atoms with van der Waals surface area (Å²) in [5.41, 5.74) is 0. The molecule has 1 rings (SSSR count). The first-order chi connectivity index (χ1) is 4.43. The van der Waals surface area contributed by atoms with Gasteiger partial charge in [-0.1, -0.05) is 12.2 Å². The zero-order chi connectivity index (χ0) is 6.53. The van der Waals surface area contributed by atoms with E-state index < -0.39 is 0 Å². The highest BCUT2D eigenvalue weighted by atomic mass is 127. The molecular weight excluding hydrogens is 231 g/mol. The average molecular weight is 240 g/mol. The second kappa shape index (κ2) is 4.24.